The molecule has 0 spiro atoms. The van der Waals surface area contributed by atoms with E-state index in [2.05, 4.69) is 16.5 Å². The standard InChI is InChI=1S/C31H28ClF6N7O3/c1-4-25(46)44-15-24-40-19(12-42(24)14-22(44)31(36,37)38)13-43-11-17-9-26(47)45(23-10-18(30(33,34)35)8-16(2)39-23)27(17)29(48)41(3)21-7-5-6-20(32)28(21)43/h4-8,10,12,17,22,27H,1,9,11,13-15H2,2-3H3/t17-,22-,27+/m1/s1. The molecule has 0 bridgehead atoms. The zero-order valence-electron chi connectivity index (χ0n) is 25.5. The van der Waals surface area contributed by atoms with E-state index >= 15 is 0 Å². The van der Waals surface area contributed by atoms with Gasteiger partial charge in [-0.15, -0.1) is 0 Å². The first-order valence-electron chi connectivity index (χ1n) is 14.7. The van der Waals surface area contributed by atoms with Crippen LogP contribution in [0.2, 0.25) is 5.02 Å². The topological polar surface area (TPSA) is 94.9 Å². The van der Waals surface area contributed by atoms with E-state index in [0.29, 0.717) is 22.0 Å². The van der Waals surface area contributed by atoms with Crippen LogP contribution >= 0.6 is 11.6 Å². The van der Waals surface area contributed by atoms with Crippen LogP contribution in [0.1, 0.15) is 29.2 Å². The van der Waals surface area contributed by atoms with Gasteiger partial charge in [0.25, 0.3) is 0 Å². The number of rotatable bonds is 4. The number of aryl methyl sites for hydroxylation is 1. The maximum Gasteiger partial charge on any atom is 0.416 e. The number of anilines is 3. The lowest BCUT2D eigenvalue weighted by molar-refractivity contribution is -0.196. The molecule has 2 aromatic heterocycles. The highest BCUT2D eigenvalue weighted by Gasteiger charge is 2.50. The van der Waals surface area contributed by atoms with Gasteiger partial charge in [-0.1, -0.05) is 24.2 Å². The Morgan fingerprint density at radius 2 is 1.83 bits per heavy atom. The molecule has 6 rings (SSSR count). The second-order valence-electron chi connectivity index (χ2n) is 11.9. The van der Waals surface area contributed by atoms with Crippen LogP contribution in [0.15, 0.2) is 49.2 Å². The molecule has 1 fully saturated rings. The van der Waals surface area contributed by atoms with Crippen molar-refractivity contribution in [2.24, 2.45) is 5.92 Å². The number of aromatic nitrogens is 3. The Labute approximate surface area is 275 Å². The van der Waals surface area contributed by atoms with Crippen molar-refractivity contribution in [3.63, 3.8) is 0 Å². The van der Waals surface area contributed by atoms with E-state index < -0.39 is 66.7 Å². The highest BCUT2D eigenvalue weighted by Crippen LogP contribution is 2.43. The van der Waals surface area contributed by atoms with Gasteiger partial charge in [0, 0.05) is 37.8 Å². The molecule has 10 nitrogen and oxygen atoms in total. The van der Waals surface area contributed by atoms with Gasteiger partial charge >= 0.3 is 12.4 Å². The Morgan fingerprint density at radius 3 is 2.50 bits per heavy atom. The summed E-state index contributed by atoms with van der Waals surface area (Å²) in [4.78, 5) is 53.3. The molecular formula is C31H28ClF6N7O3. The van der Waals surface area contributed by atoms with Gasteiger partial charge in [-0.3, -0.25) is 19.3 Å². The number of carbonyl (C=O) groups excluding carboxylic acids is 3. The molecule has 254 valence electrons. The van der Waals surface area contributed by atoms with E-state index in [9.17, 15) is 40.7 Å². The van der Waals surface area contributed by atoms with Gasteiger partial charge in [0.1, 0.15) is 23.7 Å². The Morgan fingerprint density at radius 1 is 1.10 bits per heavy atom. The number of hydrogen-bond donors (Lipinski definition) is 0. The molecule has 0 radical (unpaired) electrons. The van der Waals surface area contributed by atoms with Gasteiger partial charge in [0.15, 0.2) is 0 Å². The second-order valence-corrected chi connectivity index (χ2v) is 12.3. The average molecular weight is 696 g/mol. The second kappa shape index (κ2) is 11.8. The fraction of sp³-hybridized carbons (Fsp3) is 0.387. The van der Waals surface area contributed by atoms with Gasteiger partial charge in [0.2, 0.25) is 17.7 Å². The van der Waals surface area contributed by atoms with Crippen molar-refractivity contribution in [1.29, 1.82) is 0 Å². The predicted molar refractivity (Wildman–Crippen MR) is 162 cm³/mol. The van der Waals surface area contributed by atoms with Gasteiger partial charge in [-0.25, -0.2) is 9.97 Å². The number of pyridine rings is 1. The number of hydrogen-bond acceptors (Lipinski definition) is 6. The third-order valence-electron chi connectivity index (χ3n) is 8.78. The summed E-state index contributed by atoms with van der Waals surface area (Å²) in [7, 11) is 1.46. The molecule has 0 aliphatic carbocycles. The normalized spacial score (nSPS) is 21.5. The molecule has 3 aromatic rings. The van der Waals surface area contributed by atoms with Gasteiger partial charge in [-0.2, -0.15) is 26.3 Å². The number of amides is 3. The van der Waals surface area contributed by atoms with Crippen LogP contribution in [0, 0.1) is 12.8 Å². The largest absolute Gasteiger partial charge is 0.416 e. The smallest absolute Gasteiger partial charge is 0.362 e. The number of likely N-dealkylation sites (N-methyl/N-ethyl adjacent to an activating group) is 1. The quantitative estimate of drug-likeness (QED) is 0.278. The van der Waals surface area contributed by atoms with E-state index in [-0.39, 0.29) is 41.9 Å². The number of benzene rings is 1. The zero-order valence-corrected chi connectivity index (χ0v) is 26.3. The summed E-state index contributed by atoms with van der Waals surface area (Å²) in [5.74, 6) is -2.89. The number of halogens is 7. The number of para-hydroxylation sites is 1. The first kappa shape index (κ1) is 33.3. The minimum atomic E-state index is -4.72. The number of nitrogens with zero attached hydrogens (tertiary/aromatic N) is 7. The molecule has 0 N–H and O–H groups in total. The summed E-state index contributed by atoms with van der Waals surface area (Å²) in [6.07, 6.45) is -7.38. The zero-order chi connectivity index (χ0) is 34.9. The highest BCUT2D eigenvalue weighted by molar-refractivity contribution is 6.34. The first-order valence-corrected chi connectivity index (χ1v) is 15.1. The van der Waals surface area contributed by atoms with Crippen LogP contribution in [0.4, 0.5) is 43.5 Å². The molecule has 0 saturated carbocycles. The van der Waals surface area contributed by atoms with Crippen LogP contribution in [0.25, 0.3) is 0 Å². The highest BCUT2D eigenvalue weighted by atomic mass is 35.5. The summed E-state index contributed by atoms with van der Waals surface area (Å²) in [6, 6.07) is 3.08. The Hall–Kier alpha value is -4.60. The number of alkyl halides is 6. The Kier molecular flexibility index (Phi) is 8.20. The average Bonchev–Trinajstić information content (AvgIpc) is 3.55. The van der Waals surface area contributed by atoms with Gasteiger partial charge < -0.3 is 19.3 Å². The third-order valence-corrected chi connectivity index (χ3v) is 9.09. The molecule has 1 aromatic carbocycles. The summed E-state index contributed by atoms with van der Waals surface area (Å²) in [5, 5.41) is 0.241. The summed E-state index contributed by atoms with van der Waals surface area (Å²) < 4.78 is 84.3. The fourth-order valence-electron chi connectivity index (χ4n) is 6.65. The predicted octanol–water partition coefficient (Wildman–Crippen LogP) is 5.12. The van der Waals surface area contributed by atoms with Crippen molar-refractivity contribution < 1.29 is 40.7 Å². The van der Waals surface area contributed by atoms with Crippen LogP contribution in [0.5, 0.6) is 0 Å². The minimum absolute atomic E-state index is 0.00587. The molecule has 3 aliphatic rings. The summed E-state index contributed by atoms with van der Waals surface area (Å²) >= 11 is 6.68. The van der Waals surface area contributed by atoms with E-state index in [1.54, 1.807) is 23.1 Å². The lowest BCUT2D eigenvalue weighted by Crippen LogP contribution is -2.53. The number of imidazole rings is 1. The van der Waals surface area contributed by atoms with E-state index in [0.717, 1.165) is 23.1 Å². The molecule has 5 heterocycles. The maximum absolute atomic E-state index is 14.0. The van der Waals surface area contributed by atoms with Crippen molar-refractivity contribution >= 4 is 46.5 Å². The van der Waals surface area contributed by atoms with E-state index in [4.69, 9.17) is 11.6 Å². The SMILES string of the molecule is C=CC(=O)N1Cc2nc(CN3C[C@H]4CC(=O)N(c5cc(C(F)(F)F)cc(C)n5)[C@@H]4C(=O)N(C)c4cccc(Cl)c43)cn2C[C@@H]1C(F)(F)F. The monoisotopic (exact) mass is 695 g/mol. The lowest BCUT2D eigenvalue weighted by Gasteiger charge is -2.39. The van der Waals surface area contributed by atoms with Crippen molar-refractivity contribution in [2.75, 3.05) is 28.3 Å². The first-order chi connectivity index (χ1) is 22.5. The molecule has 0 unspecified atom stereocenters. The van der Waals surface area contributed by atoms with E-state index in [1.807, 2.05) is 0 Å². The fourth-order valence-corrected chi connectivity index (χ4v) is 6.94. The van der Waals surface area contributed by atoms with Crippen LogP contribution in [0.3, 0.4) is 0 Å². The molecule has 3 aliphatic heterocycles. The van der Waals surface area contributed by atoms with Crippen molar-refractivity contribution in [3.05, 3.63) is 77.0 Å². The van der Waals surface area contributed by atoms with Crippen molar-refractivity contribution in [3.8, 4) is 0 Å². The number of fused-ring (bicyclic) bond motifs is 3. The van der Waals surface area contributed by atoms with E-state index in [1.165, 1.54) is 29.6 Å². The molecule has 3 amide bonds. The molecular weight excluding hydrogens is 668 g/mol. The molecule has 3 atom stereocenters. The van der Waals surface area contributed by atoms with Crippen molar-refractivity contribution in [2.45, 2.75) is 57.4 Å². The molecule has 48 heavy (non-hydrogen) atoms. The number of carbonyl (C=O) groups is 3. The van der Waals surface area contributed by atoms with Gasteiger partial charge in [-0.05, 0) is 37.3 Å². The molecule has 1 saturated heterocycles. The van der Waals surface area contributed by atoms with Crippen LogP contribution in [-0.2, 0) is 40.2 Å². The third kappa shape index (κ3) is 5.86. The Bertz CT molecular complexity index is 1830. The van der Waals surface area contributed by atoms with Crippen LogP contribution in [-0.4, -0.2) is 69.0 Å². The van der Waals surface area contributed by atoms with Crippen molar-refractivity contribution in [1.82, 2.24) is 19.4 Å². The minimum Gasteiger partial charge on any atom is -0.362 e. The molecule has 17 heteroatoms. The summed E-state index contributed by atoms with van der Waals surface area (Å²) in [5.41, 5.74) is 0.0484. The van der Waals surface area contributed by atoms with Gasteiger partial charge in [0.05, 0.1) is 47.3 Å². The lowest BCUT2D eigenvalue weighted by atomic mass is 9.95. The summed E-state index contributed by atoms with van der Waals surface area (Å²) in [6.45, 7) is 3.65. The van der Waals surface area contributed by atoms with Crippen LogP contribution < -0.4 is 14.7 Å². The maximum atomic E-state index is 14.0. The Balaban J connectivity index is 1.39.